The average Bonchev–Trinajstić information content (AvgIpc) is 3.10. The number of nitrogens with zero attached hydrogens (tertiary/aromatic N) is 3. The van der Waals surface area contributed by atoms with Crippen LogP contribution in [-0.4, -0.2) is 34.6 Å². The van der Waals surface area contributed by atoms with E-state index in [9.17, 15) is 9.59 Å². The van der Waals surface area contributed by atoms with Gasteiger partial charge in [0, 0.05) is 25.4 Å². The quantitative estimate of drug-likeness (QED) is 0.656. The van der Waals surface area contributed by atoms with E-state index in [-0.39, 0.29) is 16.5 Å². The molecule has 8 heteroatoms. The number of H-pyrrole nitrogens is 1. The summed E-state index contributed by atoms with van der Waals surface area (Å²) in [7, 11) is 3.92. The smallest absolute Gasteiger partial charge is 0.283 e. The van der Waals surface area contributed by atoms with E-state index < -0.39 is 5.56 Å². The highest BCUT2D eigenvalue weighted by molar-refractivity contribution is 7.11. The number of anilines is 1. The van der Waals surface area contributed by atoms with Gasteiger partial charge in [-0.15, -0.1) is 0 Å². The second kappa shape index (κ2) is 6.90. The van der Waals surface area contributed by atoms with Gasteiger partial charge in [-0.1, -0.05) is 23.5 Å². The molecule has 1 aliphatic carbocycles. The van der Waals surface area contributed by atoms with Gasteiger partial charge < -0.3 is 4.90 Å². The number of fused-ring (bicyclic) bond motifs is 1. The Labute approximate surface area is 163 Å². The largest absolute Gasteiger partial charge is 0.378 e. The molecule has 1 aromatic rings. The van der Waals surface area contributed by atoms with E-state index in [1.807, 2.05) is 43.3 Å². The molecule has 0 atom stereocenters. The first-order valence-electron chi connectivity index (χ1n) is 8.52. The van der Waals surface area contributed by atoms with Crippen LogP contribution in [0.4, 0.5) is 5.69 Å². The van der Waals surface area contributed by atoms with E-state index in [1.165, 1.54) is 28.2 Å². The molecule has 0 spiro atoms. The summed E-state index contributed by atoms with van der Waals surface area (Å²) in [6.07, 6.45) is 8.02. The summed E-state index contributed by atoms with van der Waals surface area (Å²) in [6, 6.07) is 7.70. The van der Waals surface area contributed by atoms with Crippen LogP contribution in [0.15, 0.2) is 53.4 Å². The molecule has 0 saturated carbocycles. The van der Waals surface area contributed by atoms with Gasteiger partial charge in [-0.05, 0) is 48.1 Å². The van der Waals surface area contributed by atoms with Gasteiger partial charge in [0.25, 0.3) is 5.56 Å². The number of aromatic amines is 1. The van der Waals surface area contributed by atoms with Gasteiger partial charge in [-0.2, -0.15) is 4.98 Å². The molecule has 4 rings (SSSR count). The first-order chi connectivity index (χ1) is 13.4. The van der Waals surface area contributed by atoms with Crippen LogP contribution in [-0.2, 0) is 4.79 Å². The summed E-state index contributed by atoms with van der Waals surface area (Å²) in [5, 5.41) is 12.2. The van der Waals surface area contributed by atoms with Gasteiger partial charge >= 0.3 is 0 Å². The van der Waals surface area contributed by atoms with Crippen LogP contribution in [0.5, 0.6) is 0 Å². The predicted molar refractivity (Wildman–Crippen MR) is 109 cm³/mol. The normalized spacial score (nSPS) is 14.3. The van der Waals surface area contributed by atoms with Gasteiger partial charge in [0.05, 0.1) is 5.22 Å². The number of ketones is 1. The average molecular weight is 391 g/mol. The molecule has 3 aliphatic rings. The summed E-state index contributed by atoms with van der Waals surface area (Å²) in [6.45, 7) is 0. The van der Waals surface area contributed by atoms with Crippen LogP contribution in [0.3, 0.4) is 0 Å². The van der Waals surface area contributed by atoms with Crippen molar-refractivity contribution < 1.29 is 4.79 Å². The van der Waals surface area contributed by atoms with Crippen molar-refractivity contribution >= 4 is 34.5 Å². The molecule has 2 aliphatic heterocycles. The van der Waals surface area contributed by atoms with Crippen molar-refractivity contribution in [3.8, 4) is 5.13 Å². The van der Waals surface area contributed by atoms with Crippen LogP contribution < -0.4 is 25.8 Å². The number of allylic oxidation sites excluding steroid dienone is 4. The third-order valence-corrected chi connectivity index (χ3v) is 5.33. The molecule has 140 valence electrons. The molecule has 0 fully saturated rings. The number of nitrogens with one attached hydrogen (secondary N) is 2. The zero-order chi connectivity index (χ0) is 19.8. The van der Waals surface area contributed by atoms with Crippen molar-refractivity contribution in [2.75, 3.05) is 19.0 Å². The van der Waals surface area contributed by atoms with Crippen molar-refractivity contribution in [2.24, 2.45) is 0 Å². The highest BCUT2D eigenvalue weighted by Gasteiger charge is 2.12. The number of rotatable bonds is 2. The van der Waals surface area contributed by atoms with Gasteiger partial charge in [0.2, 0.25) is 5.13 Å². The van der Waals surface area contributed by atoms with Gasteiger partial charge in [-0.3, -0.25) is 20.1 Å². The predicted octanol–water partition coefficient (Wildman–Crippen LogP) is 0.280. The molecular formula is C20H17N5O2S. The maximum atomic E-state index is 12.5. The SMILES string of the molecule is CN(C)c1ccc(C=c2c(=O)nc3sc(=C4C=CC(=O)C=C4)[nH]n-3c2=N)cc1. The van der Waals surface area contributed by atoms with Crippen LogP contribution >= 0.6 is 11.3 Å². The van der Waals surface area contributed by atoms with E-state index in [1.54, 1.807) is 18.2 Å². The monoisotopic (exact) mass is 391 g/mol. The van der Waals surface area contributed by atoms with Gasteiger partial charge in [-0.25, -0.2) is 4.68 Å². The minimum atomic E-state index is -0.446. The van der Waals surface area contributed by atoms with Crippen molar-refractivity contribution in [3.63, 3.8) is 0 Å². The molecule has 7 nitrogen and oxygen atoms in total. The summed E-state index contributed by atoms with van der Waals surface area (Å²) in [5.74, 6) is -0.0733. The lowest BCUT2D eigenvalue weighted by atomic mass is 10.1. The Morgan fingerprint density at radius 1 is 1.11 bits per heavy atom. The lowest BCUT2D eigenvalue weighted by Crippen LogP contribution is -2.47. The van der Waals surface area contributed by atoms with E-state index in [0.717, 1.165) is 16.8 Å². The van der Waals surface area contributed by atoms with Crippen molar-refractivity contribution in [1.82, 2.24) is 14.8 Å². The number of carbonyl (C=O) groups excluding carboxylic acids is 1. The summed E-state index contributed by atoms with van der Waals surface area (Å²) >= 11 is 1.26. The number of hydrogen-bond acceptors (Lipinski definition) is 6. The third-order valence-electron chi connectivity index (χ3n) is 4.34. The zero-order valence-electron chi connectivity index (χ0n) is 15.3. The molecule has 28 heavy (non-hydrogen) atoms. The number of hydrogen-bond donors (Lipinski definition) is 2. The second-order valence-corrected chi connectivity index (χ2v) is 7.47. The fourth-order valence-electron chi connectivity index (χ4n) is 2.80. The van der Waals surface area contributed by atoms with E-state index in [0.29, 0.717) is 9.79 Å². The molecule has 0 aromatic heterocycles. The van der Waals surface area contributed by atoms with Crippen molar-refractivity contribution in [2.45, 2.75) is 0 Å². The molecule has 2 N–H and O–H groups in total. The Kier molecular flexibility index (Phi) is 4.40. The Balaban J connectivity index is 1.89. The van der Waals surface area contributed by atoms with E-state index >= 15 is 0 Å². The first-order valence-corrected chi connectivity index (χ1v) is 9.34. The Bertz CT molecular complexity index is 1320. The molecule has 2 heterocycles. The molecule has 0 bridgehead atoms. The standard InChI is InChI=1S/C20H17N5O2S/c1-24(2)14-7-3-12(4-8-14)11-16-17(21)25-20(22-18(16)27)28-19(23-25)13-5-9-15(26)10-6-13/h3-11,21,23H,1-2H3. The number of carbonyl (C=O) groups is 1. The maximum absolute atomic E-state index is 12.5. The third kappa shape index (κ3) is 3.25. The van der Waals surface area contributed by atoms with Crippen LogP contribution in [0.25, 0.3) is 16.8 Å². The summed E-state index contributed by atoms with van der Waals surface area (Å²) in [5.41, 5.74) is 2.26. The van der Waals surface area contributed by atoms with Crippen LogP contribution in [0, 0.1) is 5.41 Å². The summed E-state index contributed by atoms with van der Waals surface area (Å²) in [4.78, 5) is 29.9. The number of benzene rings is 1. The Morgan fingerprint density at radius 2 is 1.79 bits per heavy atom. The van der Waals surface area contributed by atoms with Gasteiger partial charge in [0.1, 0.15) is 4.66 Å². The molecular weight excluding hydrogens is 374 g/mol. The minimum absolute atomic E-state index is 0.0367. The van der Waals surface area contributed by atoms with Gasteiger partial charge in [0.15, 0.2) is 11.3 Å². The molecule has 0 saturated heterocycles. The fourth-order valence-corrected chi connectivity index (χ4v) is 3.73. The molecule has 0 radical (unpaired) electrons. The maximum Gasteiger partial charge on any atom is 0.283 e. The van der Waals surface area contributed by atoms with Crippen molar-refractivity contribution in [3.05, 3.63) is 79.9 Å². The van der Waals surface area contributed by atoms with Crippen LogP contribution in [0.2, 0.25) is 0 Å². The molecule has 0 unspecified atom stereocenters. The fraction of sp³-hybridized carbons (Fsp3) is 0.100. The molecule has 0 amide bonds. The lowest BCUT2D eigenvalue weighted by molar-refractivity contribution is -0.110. The summed E-state index contributed by atoms with van der Waals surface area (Å²) < 4.78 is 2.19. The topological polar surface area (TPSA) is 94.8 Å². The van der Waals surface area contributed by atoms with Crippen LogP contribution in [0.1, 0.15) is 5.56 Å². The molecule has 1 aromatic carbocycles. The highest BCUT2D eigenvalue weighted by atomic mass is 32.1. The Hall–Kier alpha value is -3.52. The lowest BCUT2D eigenvalue weighted by Gasteiger charge is -2.11. The Morgan fingerprint density at radius 3 is 2.43 bits per heavy atom. The van der Waals surface area contributed by atoms with Crippen molar-refractivity contribution in [1.29, 1.82) is 5.41 Å². The van der Waals surface area contributed by atoms with E-state index in [4.69, 9.17) is 5.41 Å². The first kappa shape index (κ1) is 17.9. The second-order valence-electron chi connectivity index (χ2n) is 6.49. The minimum Gasteiger partial charge on any atom is -0.378 e. The highest BCUT2D eigenvalue weighted by Crippen LogP contribution is 2.12. The van der Waals surface area contributed by atoms with E-state index in [2.05, 4.69) is 10.1 Å². The number of aromatic nitrogens is 3. The zero-order valence-corrected chi connectivity index (χ0v) is 16.1.